The standard InChI is InChI=1S/C42H36F2N4O2.C19H14FNO.C18H12FNO.C7H6BrFO/c1-45(25-27-21-29(43)23-39(41(27)49)47-35-15-7-3-11-31(35)32-12-4-8-16-36(32)47)19-20-46(2)26-28-22-30(44)24-40(42(28)50)48-37-17-9-5-13-33(37)34-14-6-10-18-38(34)48;1-22-19-11-10-13(20)12-18(19)21-16-8-4-2-6-14(16)15-7-3-5-9-17(15)21;19-12-9-10-18(21)17(11-12)20-15-7-3-1-5-13(15)14-6-2-4-8-16(14)20;1-10-7-3-2-5(9)4-6(7)8/h3-18,21-24,49-50H,19-20,25-26H2,1-2H3;2-12H,1H3;1-11,21H;2-4H,1H3. The van der Waals surface area contributed by atoms with Crippen LogP contribution in [0.15, 0.2) is 277 Å². The van der Waals surface area contributed by atoms with Crippen molar-refractivity contribution in [3.8, 4) is 51.5 Å². The maximum absolute atomic E-state index is 15.2. The van der Waals surface area contributed by atoms with E-state index in [-0.39, 0.29) is 34.7 Å². The summed E-state index contributed by atoms with van der Waals surface area (Å²) in [6, 6.07) is 82.2. The lowest BCUT2D eigenvalue weighted by molar-refractivity contribution is 0.243. The van der Waals surface area contributed by atoms with Gasteiger partial charge in [-0.2, -0.15) is 0 Å². The summed E-state index contributed by atoms with van der Waals surface area (Å²) in [6.45, 7) is 1.77. The molecule has 0 spiro atoms. The van der Waals surface area contributed by atoms with Crippen molar-refractivity contribution in [3.63, 3.8) is 0 Å². The molecule has 0 radical (unpaired) electrons. The van der Waals surface area contributed by atoms with Crippen LogP contribution in [0.5, 0.6) is 28.7 Å². The fourth-order valence-electron chi connectivity index (χ4n) is 13.8. The molecule has 13 aromatic carbocycles. The number of aromatic nitrogens is 4. The number of ether oxygens (including phenoxy) is 2. The van der Waals surface area contributed by atoms with Gasteiger partial charge in [0.2, 0.25) is 0 Å². The number of methoxy groups -OCH3 is 2. The van der Waals surface area contributed by atoms with Crippen molar-refractivity contribution in [1.29, 1.82) is 0 Å². The second-order valence-corrected chi connectivity index (χ2v) is 25.9. The summed E-state index contributed by atoms with van der Waals surface area (Å²) in [7, 11) is 6.97. The number of hydrogen-bond donors (Lipinski definition) is 3. The van der Waals surface area contributed by atoms with E-state index in [1.54, 1.807) is 19.2 Å². The van der Waals surface area contributed by atoms with Crippen molar-refractivity contribution < 1.29 is 46.7 Å². The summed E-state index contributed by atoms with van der Waals surface area (Å²) in [4.78, 5) is 4.02. The molecule has 0 saturated heterocycles. The van der Waals surface area contributed by atoms with Gasteiger partial charge in [-0.05, 0) is 133 Å². The number of hydrogen-bond acceptors (Lipinski definition) is 7. The number of aromatic hydroxyl groups is 3. The first-order chi connectivity index (χ1) is 50.1. The van der Waals surface area contributed by atoms with Gasteiger partial charge < -0.3 is 52.9 Å². The van der Waals surface area contributed by atoms with E-state index >= 15 is 8.78 Å². The van der Waals surface area contributed by atoms with E-state index in [0.29, 0.717) is 76.0 Å². The predicted octanol–water partition coefficient (Wildman–Crippen LogP) is 21.3. The second kappa shape index (κ2) is 29.4. The topological polar surface area (TPSA) is 105 Å². The van der Waals surface area contributed by atoms with Crippen LogP contribution < -0.4 is 9.47 Å². The molecule has 0 saturated carbocycles. The Morgan fingerprint density at radius 1 is 0.311 bits per heavy atom. The molecule has 0 fully saturated rings. The van der Waals surface area contributed by atoms with Crippen LogP contribution in [0.2, 0.25) is 0 Å². The molecule has 17 heteroatoms. The van der Waals surface area contributed by atoms with Gasteiger partial charge in [-0.25, -0.2) is 22.0 Å². The average Bonchev–Trinajstić information content (AvgIpc) is 1.22. The van der Waals surface area contributed by atoms with Crippen LogP contribution in [-0.2, 0) is 13.1 Å². The molecular formula is C86H68BrF5N6O5. The largest absolute Gasteiger partial charge is 0.506 e. The van der Waals surface area contributed by atoms with Crippen molar-refractivity contribution in [2.45, 2.75) is 13.1 Å². The molecule has 4 heterocycles. The van der Waals surface area contributed by atoms with Crippen LogP contribution in [-0.4, -0.2) is 84.8 Å². The monoisotopic (exact) mass is 1440 g/mol. The molecule has 103 heavy (non-hydrogen) atoms. The maximum Gasteiger partial charge on any atom is 0.144 e. The smallest absolute Gasteiger partial charge is 0.144 e. The number of halogens is 6. The molecular weight excluding hydrogens is 1370 g/mol. The molecule has 17 rings (SSSR count). The third kappa shape index (κ3) is 13.4. The second-order valence-electron chi connectivity index (χ2n) is 25.0. The first-order valence-electron chi connectivity index (χ1n) is 33.2. The van der Waals surface area contributed by atoms with E-state index in [0.717, 1.165) is 87.2 Å². The van der Waals surface area contributed by atoms with Gasteiger partial charge >= 0.3 is 0 Å². The minimum absolute atomic E-state index is 0.0281. The Balaban J connectivity index is 0.000000138. The lowest BCUT2D eigenvalue weighted by atomic mass is 10.1. The van der Waals surface area contributed by atoms with Crippen LogP contribution >= 0.6 is 15.9 Å². The Morgan fingerprint density at radius 2 is 0.573 bits per heavy atom. The number of fused-ring (bicyclic) bond motifs is 12. The van der Waals surface area contributed by atoms with Crippen molar-refractivity contribution in [1.82, 2.24) is 28.1 Å². The molecule has 0 aliphatic heterocycles. The third-order valence-corrected chi connectivity index (χ3v) is 19.1. The van der Waals surface area contributed by atoms with Gasteiger partial charge in [-0.1, -0.05) is 146 Å². The van der Waals surface area contributed by atoms with Crippen molar-refractivity contribution in [2.75, 3.05) is 41.4 Å². The predicted molar refractivity (Wildman–Crippen MR) is 408 cm³/mol. The number of rotatable bonds is 13. The highest BCUT2D eigenvalue weighted by molar-refractivity contribution is 9.10. The quantitative estimate of drug-likeness (QED) is 0.0988. The Kier molecular flexibility index (Phi) is 19.5. The zero-order chi connectivity index (χ0) is 71.6. The number of nitrogens with zero attached hydrogens (tertiary/aromatic N) is 6. The number of phenolic OH excluding ortho intramolecular Hbond substituents is 3. The van der Waals surface area contributed by atoms with Crippen molar-refractivity contribution in [2.24, 2.45) is 0 Å². The summed E-state index contributed by atoms with van der Waals surface area (Å²) >= 11 is 3.14. The van der Waals surface area contributed by atoms with E-state index in [2.05, 4.69) is 28.1 Å². The number of para-hydroxylation sites is 8. The van der Waals surface area contributed by atoms with E-state index < -0.39 is 11.6 Å². The van der Waals surface area contributed by atoms with Crippen LogP contribution in [0.4, 0.5) is 22.0 Å². The maximum atomic E-state index is 15.2. The van der Waals surface area contributed by atoms with Crippen molar-refractivity contribution in [3.05, 3.63) is 318 Å². The van der Waals surface area contributed by atoms with Crippen LogP contribution in [0.3, 0.4) is 0 Å². The van der Waals surface area contributed by atoms with E-state index in [1.165, 1.54) is 73.8 Å². The first kappa shape index (κ1) is 68.3. The van der Waals surface area contributed by atoms with Crippen LogP contribution in [0.1, 0.15) is 11.1 Å². The van der Waals surface area contributed by atoms with Crippen LogP contribution in [0.25, 0.3) is 110 Å². The Hall–Kier alpha value is -11.9. The first-order valence-corrected chi connectivity index (χ1v) is 34.0. The highest BCUT2D eigenvalue weighted by Gasteiger charge is 2.23. The normalized spacial score (nSPS) is 11.5. The average molecular weight is 1440 g/mol. The molecule has 514 valence electrons. The van der Waals surface area contributed by atoms with Crippen LogP contribution in [0, 0.1) is 29.1 Å². The molecule has 3 N–H and O–H groups in total. The van der Waals surface area contributed by atoms with Gasteiger partial charge in [0.1, 0.15) is 57.8 Å². The van der Waals surface area contributed by atoms with E-state index in [9.17, 15) is 28.5 Å². The summed E-state index contributed by atoms with van der Waals surface area (Å²) < 4.78 is 88.9. The zero-order valence-corrected chi connectivity index (χ0v) is 58.0. The fourth-order valence-corrected chi connectivity index (χ4v) is 14.3. The fraction of sp³-hybridized carbons (Fsp3) is 0.0930. The molecule has 0 aliphatic rings. The molecule has 11 nitrogen and oxygen atoms in total. The molecule has 0 unspecified atom stereocenters. The number of likely N-dealkylation sites (N-methyl/N-ethyl adjacent to an activating group) is 2. The van der Waals surface area contributed by atoms with Gasteiger partial charge in [-0.15, -0.1) is 0 Å². The van der Waals surface area contributed by atoms with E-state index in [1.807, 2.05) is 224 Å². The molecule has 0 aliphatic carbocycles. The highest BCUT2D eigenvalue weighted by Crippen LogP contribution is 2.42. The number of phenols is 3. The molecule has 0 atom stereocenters. The van der Waals surface area contributed by atoms with Gasteiger partial charge in [0.25, 0.3) is 0 Å². The Bertz CT molecular complexity index is 5640. The zero-order valence-electron chi connectivity index (χ0n) is 56.4. The summed E-state index contributed by atoms with van der Waals surface area (Å²) in [5, 5.41) is 41.8. The Morgan fingerprint density at radius 3 is 0.893 bits per heavy atom. The summed E-state index contributed by atoms with van der Waals surface area (Å²) in [5.41, 5.74) is 10.4. The van der Waals surface area contributed by atoms with Gasteiger partial charge in [0.05, 0.1) is 85.6 Å². The summed E-state index contributed by atoms with van der Waals surface area (Å²) in [5.74, 6) is -0.380. The lowest BCUT2D eigenvalue weighted by Crippen LogP contribution is -2.30. The van der Waals surface area contributed by atoms with Gasteiger partial charge in [-0.3, -0.25) is 0 Å². The third-order valence-electron chi connectivity index (χ3n) is 18.5. The highest BCUT2D eigenvalue weighted by atomic mass is 79.9. The Labute approximate surface area is 598 Å². The minimum Gasteiger partial charge on any atom is -0.506 e. The molecule has 0 bridgehead atoms. The molecule has 4 aromatic heterocycles. The summed E-state index contributed by atoms with van der Waals surface area (Å²) in [6.07, 6.45) is 0. The van der Waals surface area contributed by atoms with Gasteiger partial charge in [0.15, 0.2) is 0 Å². The van der Waals surface area contributed by atoms with Crippen molar-refractivity contribution >= 4 is 103 Å². The molecule has 0 amide bonds. The molecule has 17 aromatic rings. The van der Waals surface area contributed by atoms with E-state index in [4.69, 9.17) is 9.47 Å². The minimum atomic E-state index is -0.430. The van der Waals surface area contributed by atoms with Gasteiger partial charge in [0, 0.05) is 105 Å². The number of benzene rings is 13. The lowest BCUT2D eigenvalue weighted by Gasteiger charge is -2.24. The SMILES string of the molecule is CN(CCN(C)Cc1cc(F)cc(-n2c3ccccc3c3ccccc32)c1O)Cc1cc(F)cc(-n2c3ccccc3c3ccccc32)c1O.COc1ccc(F)cc1-n1c2ccccc2c2ccccc21.COc1ccc(F)cc1Br.Oc1ccc(F)cc1-n1c2ccccc2c2ccccc21.